The van der Waals surface area contributed by atoms with Gasteiger partial charge in [-0.15, -0.1) is 9.42 Å². The second-order valence-electron chi connectivity index (χ2n) is 6.54. The van der Waals surface area contributed by atoms with E-state index in [4.69, 9.17) is 9.63 Å². The summed E-state index contributed by atoms with van der Waals surface area (Å²) in [6.45, 7) is 12.3. The fourth-order valence-corrected chi connectivity index (χ4v) is 1.95. The Hall–Kier alpha value is -1.29. The molecule has 0 amide bonds. The van der Waals surface area contributed by atoms with Gasteiger partial charge < -0.3 is 4.74 Å². The molecule has 0 aliphatic heterocycles. The van der Waals surface area contributed by atoms with Gasteiger partial charge in [-0.3, -0.25) is 4.79 Å². The van der Waals surface area contributed by atoms with Gasteiger partial charge in [0.2, 0.25) is 0 Å². The topological polar surface area (TPSA) is 72.8 Å². The zero-order valence-corrected chi connectivity index (χ0v) is 16.5. The molecule has 1 unspecified atom stereocenters. The normalized spacial score (nSPS) is 11.4. The Morgan fingerprint density at radius 3 is 2.25 bits per heavy atom. The number of esters is 1. The molecule has 0 aliphatic rings. The molecule has 1 aromatic carbocycles. The summed E-state index contributed by atoms with van der Waals surface area (Å²) in [4.78, 5) is 20.2. The third kappa shape index (κ3) is 9.76. The maximum Gasteiger partial charge on any atom is 0.694 e. The lowest BCUT2D eigenvalue weighted by molar-refractivity contribution is -0.134. The van der Waals surface area contributed by atoms with Gasteiger partial charge in [0, 0.05) is 10.1 Å². The molecule has 0 bridgehead atoms. The quantitative estimate of drug-likeness (QED) is 0.438. The average molecular weight is 357 g/mol. The van der Waals surface area contributed by atoms with Crippen molar-refractivity contribution in [2.45, 2.75) is 66.2 Å². The first-order valence-corrected chi connectivity index (χ1v) is 9.35. The number of carbonyl (C=O) groups excluding carboxylic acids is 1. The van der Waals surface area contributed by atoms with Crippen molar-refractivity contribution in [1.82, 2.24) is 0 Å². The highest BCUT2D eigenvalue weighted by atomic mass is 31.1. The SMILES string of the molecule is CCCC.Cc1ccc(OC(=O)CCO[P+](=O)O)c(C(C)(C)C)c1. The Labute approximate surface area is 146 Å². The number of rotatable bonds is 6. The molecular weight excluding hydrogens is 327 g/mol. The summed E-state index contributed by atoms with van der Waals surface area (Å²) < 4.78 is 20.1. The Kier molecular flexibility index (Phi) is 10.7. The van der Waals surface area contributed by atoms with Crippen molar-refractivity contribution in [1.29, 1.82) is 0 Å². The third-order valence-electron chi connectivity index (χ3n) is 3.17. The predicted molar refractivity (Wildman–Crippen MR) is 96.5 cm³/mol. The summed E-state index contributed by atoms with van der Waals surface area (Å²) in [7, 11) is -2.68. The summed E-state index contributed by atoms with van der Waals surface area (Å²) in [6.07, 6.45) is 2.57. The first kappa shape index (κ1) is 22.7. The molecule has 0 spiro atoms. The zero-order valence-electron chi connectivity index (χ0n) is 15.6. The van der Waals surface area contributed by atoms with Crippen molar-refractivity contribution < 1.29 is 23.5 Å². The van der Waals surface area contributed by atoms with Crippen LogP contribution in [0.4, 0.5) is 0 Å². The number of benzene rings is 1. The number of hydrogen-bond donors (Lipinski definition) is 1. The fraction of sp³-hybridized carbons (Fsp3) is 0.611. The highest BCUT2D eigenvalue weighted by Gasteiger charge is 2.21. The van der Waals surface area contributed by atoms with Crippen LogP contribution in [0.3, 0.4) is 0 Å². The predicted octanol–water partition coefficient (Wildman–Crippen LogP) is 5.06. The summed E-state index contributed by atoms with van der Waals surface area (Å²) >= 11 is 0. The number of unbranched alkanes of at least 4 members (excludes halogenated alkanes) is 1. The lowest BCUT2D eigenvalue weighted by atomic mass is 9.85. The van der Waals surface area contributed by atoms with Crippen molar-refractivity contribution in [2.24, 2.45) is 0 Å². The minimum absolute atomic E-state index is 0.0703. The van der Waals surface area contributed by atoms with Gasteiger partial charge in [-0.2, -0.15) is 0 Å². The van der Waals surface area contributed by atoms with E-state index in [1.54, 1.807) is 6.07 Å². The highest BCUT2D eigenvalue weighted by molar-refractivity contribution is 7.32. The Bertz CT molecular complexity index is 533. The molecule has 1 aromatic rings. The molecule has 0 aromatic heterocycles. The first-order chi connectivity index (χ1) is 11.1. The summed E-state index contributed by atoms with van der Waals surface area (Å²) in [5.41, 5.74) is 1.89. The van der Waals surface area contributed by atoms with Crippen LogP contribution < -0.4 is 4.74 Å². The zero-order chi connectivity index (χ0) is 18.8. The Balaban J connectivity index is 0.00000118. The van der Waals surface area contributed by atoms with E-state index < -0.39 is 14.2 Å². The number of aryl methyl sites for hydroxylation is 1. The average Bonchev–Trinajstić information content (AvgIpc) is 2.48. The molecule has 0 saturated carbocycles. The molecule has 5 nitrogen and oxygen atoms in total. The van der Waals surface area contributed by atoms with E-state index >= 15 is 0 Å². The second-order valence-corrected chi connectivity index (χ2v) is 7.28. The van der Waals surface area contributed by atoms with Gasteiger partial charge >= 0.3 is 14.2 Å². The van der Waals surface area contributed by atoms with Crippen LogP contribution in [0.15, 0.2) is 18.2 Å². The largest absolute Gasteiger partial charge is 0.694 e. The van der Waals surface area contributed by atoms with E-state index in [-0.39, 0.29) is 18.4 Å². The standard InChI is InChI=1S/C14H19O5P.C4H10/c1-10-5-6-12(11(9-10)14(2,3)4)19-13(15)7-8-18-20(16)17;1-3-4-2/h5-6,9H,7-8H2,1-4H3;3-4H2,1-2H3/p+1. The number of ether oxygens (including phenoxy) is 1. The van der Waals surface area contributed by atoms with E-state index in [1.807, 2.05) is 39.8 Å². The van der Waals surface area contributed by atoms with Crippen molar-refractivity contribution in [3.05, 3.63) is 29.3 Å². The highest BCUT2D eigenvalue weighted by Crippen LogP contribution is 2.32. The van der Waals surface area contributed by atoms with Crippen LogP contribution in [-0.4, -0.2) is 17.5 Å². The molecule has 1 rings (SSSR count). The Morgan fingerprint density at radius 1 is 1.21 bits per heavy atom. The lowest BCUT2D eigenvalue weighted by Gasteiger charge is -2.22. The molecule has 1 atom stereocenters. The summed E-state index contributed by atoms with van der Waals surface area (Å²) in [5.74, 6) is 0.0256. The second kappa shape index (κ2) is 11.3. The van der Waals surface area contributed by atoms with Crippen LogP contribution in [0.2, 0.25) is 0 Å². The molecule has 0 radical (unpaired) electrons. The molecule has 1 N–H and O–H groups in total. The molecule has 0 fully saturated rings. The smallest absolute Gasteiger partial charge is 0.426 e. The van der Waals surface area contributed by atoms with Crippen LogP contribution in [0.5, 0.6) is 5.75 Å². The molecule has 0 heterocycles. The minimum atomic E-state index is -2.68. The van der Waals surface area contributed by atoms with Crippen LogP contribution in [0, 0.1) is 6.92 Å². The van der Waals surface area contributed by atoms with Crippen LogP contribution in [0.25, 0.3) is 0 Å². The van der Waals surface area contributed by atoms with Crippen LogP contribution in [0.1, 0.15) is 65.0 Å². The van der Waals surface area contributed by atoms with Crippen LogP contribution in [-0.2, 0) is 19.3 Å². The molecular formula is C18H30O5P+. The van der Waals surface area contributed by atoms with Gasteiger partial charge in [-0.25, -0.2) is 0 Å². The lowest BCUT2D eigenvalue weighted by Crippen LogP contribution is -2.17. The number of carbonyl (C=O) groups is 1. The molecule has 0 saturated heterocycles. The van der Waals surface area contributed by atoms with E-state index in [1.165, 1.54) is 12.8 Å². The van der Waals surface area contributed by atoms with Crippen molar-refractivity contribution in [2.75, 3.05) is 6.61 Å². The van der Waals surface area contributed by atoms with Crippen LogP contribution >= 0.6 is 8.25 Å². The van der Waals surface area contributed by atoms with Crippen molar-refractivity contribution in [3.63, 3.8) is 0 Å². The molecule has 136 valence electrons. The monoisotopic (exact) mass is 357 g/mol. The third-order valence-corrected chi connectivity index (χ3v) is 3.58. The van der Waals surface area contributed by atoms with E-state index in [0.717, 1.165) is 11.1 Å². The molecule has 24 heavy (non-hydrogen) atoms. The van der Waals surface area contributed by atoms with E-state index in [2.05, 4.69) is 18.4 Å². The van der Waals surface area contributed by atoms with E-state index in [9.17, 15) is 9.36 Å². The molecule has 6 heteroatoms. The van der Waals surface area contributed by atoms with Gasteiger partial charge in [-0.05, 0) is 18.4 Å². The fourth-order valence-electron chi connectivity index (χ4n) is 1.70. The maximum absolute atomic E-state index is 11.7. The Morgan fingerprint density at radius 2 is 1.79 bits per heavy atom. The van der Waals surface area contributed by atoms with Gasteiger partial charge in [-0.1, -0.05) is 65.2 Å². The molecule has 0 aliphatic carbocycles. The van der Waals surface area contributed by atoms with Gasteiger partial charge in [0.1, 0.15) is 12.4 Å². The summed E-state index contributed by atoms with van der Waals surface area (Å²) in [5, 5.41) is 0. The maximum atomic E-state index is 11.7. The first-order valence-electron chi connectivity index (χ1n) is 8.22. The van der Waals surface area contributed by atoms with Gasteiger partial charge in [0.15, 0.2) is 0 Å². The summed E-state index contributed by atoms with van der Waals surface area (Å²) in [6, 6.07) is 5.63. The van der Waals surface area contributed by atoms with Gasteiger partial charge in [0.25, 0.3) is 0 Å². The van der Waals surface area contributed by atoms with Gasteiger partial charge in [0.05, 0.1) is 6.42 Å². The minimum Gasteiger partial charge on any atom is -0.426 e. The van der Waals surface area contributed by atoms with Crippen molar-refractivity contribution >= 4 is 14.2 Å². The van der Waals surface area contributed by atoms with Crippen molar-refractivity contribution in [3.8, 4) is 5.75 Å². The van der Waals surface area contributed by atoms with E-state index in [0.29, 0.717) is 5.75 Å². The number of hydrogen-bond acceptors (Lipinski definition) is 4.